The molecular formula is C21H24ClNO4. The van der Waals surface area contributed by atoms with Crippen LogP contribution in [0.1, 0.15) is 27.7 Å². The van der Waals surface area contributed by atoms with Crippen molar-refractivity contribution < 1.29 is 28.9 Å². The fourth-order valence-electron chi connectivity index (χ4n) is 3.32. The Kier molecular flexibility index (Phi) is 6.92. The minimum Gasteiger partial charge on any atom is -0.225 e. The van der Waals surface area contributed by atoms with Gasteiger partial charge < -0.3 is 0 Å². The van der Waals surface area contributed by atoms with Gasteiger partial charge in [0.25, 0.3) is 0 Å². The fourth-order valence-corrected chi connectivity index (χ4v) is 3.32. The van der Waals surface area contributed by atoms with Crippen LogP contribution in [0.2, 0.25) is 0 Å². The Hall–Kier alpha value is -2.02. The van der Waals surface area contributed by atoms with Crippen LogP contribution in [0.5, 0.6) is 0 Å². The van der Waals surface area contributed by atoms with Crippen LogP contribution in [0.4, 0.5) is 0 Å². The molecule has 0 aliphatic heterocycles. The molecule has 0 bridgehead atoms. The zero-order chi connectivity index (χ0) is 20.2. The molecule has 0 radical (unpaired) electrons. The fraction of sp³-hybridized carbons (Fsp3) is 0.286. The van der Waals surface area contributed by atoms with Crippen LogP contribution < -0.4 is 28.6 Å². The summed E-state index contributed by atoms with van der Waals surface area (Å²) in [7, 11) is -4.94. The molecule has 0 aliphatic rings. The van der Waals surface area contributed by atoms with Gasteiger partial charge in [-0.2, -0.15) is 0 Å². The van der Waals surface area contributed by atoms with Crippen molar-refractivity contribution >= 4 is 0 Å². The molecule has 3 aromatic carbocycles. The third-order valence-electron chi connectivity index (χ3n) is 4.16. The zero-order valence-electron chi connectivity index (χ0n) is 15.9. The number of hydrogen-bond donors (Lipinski definition) is 0. The summed E-state index contributed by atoms with van der Waals surface area (Å²) in [6, 6.07) is 22.5. The standard InChI is InChI=1S/C21H24N.ClHO4/c1-15(2)22(16(3)4)21-19(17-11-7-5-8-12-17)20(21)18-13-9-6-10-14-18;2-1(3,4)5/h5-16H,1-4H3;(H,2,3,4,5)/q+1;/p-1. The second kappa shape index (κ2) is 8.78. The molecule has 0 saturated carbocycles. The first-order chi connectivity index (χ1) is 12.6. The Morgan fingerprint density at radius 2 is 0.926 bits per heavy atom. The monoisotopic (exact) mass is 389 g/mol. The zero-order valence-corrected chi connectivity index (χ0v) is 16.6. The van der Waals surface area contributed by atoms with Crippen LogP contribution >= 0.6 is 0 Å². The molecule has 0 heterocycles. The van der Waals surface area contributed by atoms with Gasteiger partial charge in [0.15, 0.2) is 0 Å². The molecule has 5 nitrogen and oxygen atoms in total. The number of benzene rings is 2. The second-order valence-corrected chi connectivity index (χ2v) is 7.56. The van der Waals surface area contributed by atoms with Gasteiger partial charge in [0.05, 0.1) is 11.1 Å². The molecule has 3 aromatic rings. The Bertz CT molecular complexity index is 803. The van der Waals surface area contributed by atoms with Crippen molar-refractivity contribution in [3.8, 4) is 22.3 Å². The van der Waals surface area contributed by atoms with Crippen LogP contribution in [-0.2, 0) is 0 Å². The van der Waals surface area contributed by atoms with Crippen molar-refractivity contribution in [2.75, 3.05) is 0 Å². The largest absolute Gasteiger partial charge is 0.225 e. The minimum atomic E-state index is -4.94. The molecular weight excluding hydrogens is 366 g/mol. The molecule has 3 rings (SSSR count). The van der Waals surface area contributed by atoms with Crippen molar-refractivity contribution in [2.24, 2.45) is 0 Å². The normalized spacial score (nSPS) is 11.6. The van der Waals surface area contributed by atoms with Crippen LogP contribution in [-0.4, -0.2) is 12.1 Å². The maximum absolute atomic E-state index is 8.49. The van der Waals surface area contributed by atoms with Crippen molar-refractivity contribution in [3.05, 3.63) is 66.0 Å². The van der Waals surface area contributed by atoms with Crippen LogP contribution in [0.15, 0.2) is 60.7 Å². The second-order valence-electron chi connectivity index (χ2n) is 6.80. The molecule has 0 atom stereocenters. The molecule has 0 N–H and O–H groups in total. The van der Waals surface area contributed by atoms with Crippen molar-refractivity contribution in [1.29, 1.82) is 0 Å². The van der Waals surface area contributed by atoms with E-state index in [1.807, 2.05) is 0 Å². The van der Waals surface area contributed by atoms with Gasteiger partial charge in [-0.25, -0.2) is 23.2 Å². The molecule has 0 amide bonds. The maximum atomic E-state index is 8.49. The lowest BCUT2D eigenvalue weighted by Gasteiger charge is -2.17. The average molecular weight is 390 g/mol. The smallest absolute Gasteiger partial charge is 0.217 e. The molecule has 0 aromatic heterocycles. The van der Waals surface area contributed by atoms with Crippen LogP contribution in [0, 0.1) is 10.2 Å². The Labute approximate surface area is 161 Å². The summed E-state index contributed by atoms with van der Waals surface area (Å²) in [6.07, 6.45) is 0. The summed E-state index contributed by atoms with van der Waals surface area (Å²) in [5.41, 5.74) is 5.47. The first-order valence-corrected chi connectivity index (χ1v) is 9.97. The highest BCUT2D eigenvalue weighted by atomic mass is 35.7. The maximum Gasteiger partial charge on any atom is 0.217 e. The van der Waals surface area contributed by atoms with Crippen molar-refractivity contribution in [1.82, 2.24) is 4.58 Å². The number of rotatable bonds is 4. The summed E-state index contributed by atoms with van der Waals surface area (Å²) in [4.78, 5) is 0. The molecule has 0 unspecified atom stereocenters. The van der Waals surface area contributed by atoms with E-state index >= 15 is 0 Å². The molecule has 0 saturated heterocycles. The van der Waals surface area contributed by atoms with Gasteiger partial charge in [0, 0.05) is 0 Å². The van der Waals surface area contributed by atoms with E-state index in [0.717, 1.165) is 0 Å². The van der Waals surface area contributed by atoms with E-state index in [4.69, 9.17) is 18.6 Å². The SMILES string of the molecule is CC(C)[N+](=c1c(-c2ccccc2)c1-c1ccccc1)C(C)C.[O-][Cl+3]([O-])([O-])[O-]. The lowest BCUT2D eigenvalue weighted by Crippen LogP contribution is -2.68. The summed E-state index contributed by atoms with van der Waals surface area (Å²) in [5.74, 6) is 0. The van der Waals surface area contributed by atoms with Gasteiger partial charge in [0.1, 0.15) is 12.1 Å². The summed E-state index contributed by atoms with van der Waals surface area (Å²) in [6.45, 7) is 9.10. The van der Waals surface area contributed by atoms with Gasteiger partial charge in [-0.1, -0.05) is 60.7 Å². The van der Waals surface area contributed by atoms with E-state index in [1.165, 1.54) is 27.6 Å². The molecule has 0 fully saturated rings. The third kappa shape index (κ3) is 5.99. The Morgan fingerprint density at radius 3 is 1.19 bits per heavy atom. The number of hydrogen-bond acceptors (Lipinski definition) is 4. The van der Waals surface area contributed by atoms with E-state index in [-0.39, 0.29) is 0 Å². The van der Waals surface area contributed by atoms with Gasteiger partial charge in [-0.05, 0) is 38.8 Å². The van der Waals surface area contributed by atoms with Crippen LogP contribution in [0.3, 0.4) is 0 Å². The van der Waals surface area contributed by atoms with Crippen molar-refractivity contribution in [2.45, 2.75) is 39.8 Å². The van der Waals surface area contributed by atoms with E-state index < -0.39 is 10.2 Å². The van der Waals surface area contributed by atoms with E-state index in [0.29, 0.717) is 12.1 Å². The average Bonchev–Trinajstić information content (AvgIpc) is 3.29. The molecule has 144 valence electrons. The van der Waals surface area contributed by atoms with Gasteiger partial charge in [0.2, 0.25) is 5.36 Å². The predicted octanol–water partition coefficient (Wildman–Crippen LogP) is -0.271. The van der Waals surface area contributed by atoms with Gasteiger partial charge in [-0.15, -0.1) is 10.2 Å². The third-order valence-corrected chi connectivity index (χ3v) is 4.16. The lowest BCUT2D eigenvalue weighted by molar-refractivity contribution is -2.00. The topological polar surface area (TPSA) is 95.2 Å². The molecule has 0 spiro atoms. The molecule has 6 heteroatoms. The highest BCUT2D eigenvalue weighted by molar-refractivity contribution is 5.93. The van der Waals surface area contributed by atoms with Crippen molar-refractivity contribution in [3.63, 3.8) is 0 Å². The Balaban J connectivity index is 0.000000465. The highest BCUT2D eigenvalue weighted by Crippen LogP contribution is 2.34. The summed E-state index contributed by atoms with van der Waals surface area (Å²) < 4.78 is 36.5. The lowest BCUT2D eigenvalue weighted by atomic mass is 10.1. The molecule has 27 heavy (non-hydrogen) atoms. The number of nitrogens with zero attached hydrogens (tertiary/aromatic N) is 1. The summed E-state index contributed by atoms with van der Waals surface area (Å²) >= 11 is 0. The molecule has 0 aliphatic carbocycles. The first kappa shape index (κ1) is 21.3. The predicted molar refractivity (Wildman–Crippen MR) is 95.2 cm³/mol. The van der Waals surface area contributed by atoms with Gasteiger partial charge >= 0.3 is 0 Å². The van der Waals surface area contributed by atoms with Gasteiger partial charge in [-0.3, -0.25) is 0 Å². The van der Waals surface area contributed by atoms with E-state index in [9.17, 15) is 0 Å². The van der Waals surface area contributed by atoms with E-state index in [1.54, 1.807) is 0 Å². The Morgan fingerprint density at radius 1 is 0.630 bits per heavy atom. The van der Waals surface area contributed by atoms with E-state index in [2.05, 4.69) is 92.9 Å². The van der Waals surface area contributed by atoms with Crippen LogP contribution in [0.25, 0.3) is 22.3 Å². The minimum absolute atomic E-state index is 0.495. The quantitative estimate of drug-likeness (QED) is 0.574. The highest BCUT2D eigenvalue weighted by Gasteiger charge is 2.33. The first-order valence-electron chi connectivity index (χ1n) is 8.74. The number of halogens is 1. The summed E-state index contributed by atoms with van der Waals surface area (Å²) in [5, 5.41) is 1.42.